The Morgan fingerprint density at radius 3 is 2.21 bits per heavy atom. The Morgan fingerprint density at radius 2 is 1.62 bits per heavy atom. The molecule has 2 aliphatic heterocycles. The molecule has 1 atom stereocenters. The van der Waals surface area contributed by atoms with Crippen molar-refractivity contribution < 1.29 is 9.47 Å². The Morgan fingerprint density at radius 1 is 1.04 bits per heavy atom. The van der Waals surface area contributed by atoms with Crippen LogP contribution >= 0.6 is 0 Å². The lowest BCUT2D eigenvalue weighted by atomic mass is 10.2. The minimum atomic E-state index is -0.262. The van der Waals surface area contributed by atoms with E-state index in [0.717, 1.165) is 43.6 Å². The zero-order chi connectivity index (χ0) is 16.5. The summed E-state index contributed by atoms with van der Waals surface area (Å²) in [5.41, 5.74) is 6.23. The van der Waals surface area contributed by atoms with Crippen LogP contribution in [0.25, 0.3) is 0 Å². The highest BCUT2D eigenvalue weighted by molar-refractivity contribution is 5.42. The van der Waals surface area contributed by atoms with Crippen molar-refractivity contribution in [3.8, 4) is 11.5 Å². The van der Waals surface area contributed by atoms with Crippen molar-refractivity contribution in [1.29, 1.82) is 0 Å². The zero-order valence-corrected chi connectivity index (χ0v) is 13.6. The van der Waals surface area contributed by atoms with Crippen molar-refractivity contribution in [2.75, 3.05) is 36.8 Å². The summed E-state index contributed by atoms with van der Waals surface area (Å²) in [5.74, 6) is 2.38. The fraction of sp³-hybridized carbons (Fsp3) is 0.412. The third-order valence-electron chi connectivity index (χ3n) is 4.56. The van der Waals surface area contributed by atoms with Gasteiger partial charge in [-0.1, -0.05) is 12.1 Å². The van der Waals surface area contributed by atoms with Crippen LogP contribution in [0, 0.1) is 0 Å². The molecule has 2 N–H and O–H groups in total. The van der Waals surface area contributed by atoms with E-state index >= 15 is 0 Å². The molecule has 2 aromatic rings. The summed E-state index contributed by atoms with van der Waals surface area (Å²) in [5, 5.41) is 0. The summed E-state index contributed by atoms with van der Waals surface area (Å²) in [6, 6.07) is 7.98. The smallest absolute Gasteiger partial charge is 0.256 e. The van der Waals surface area contributed by atoms with Crippen molar-refractivity contribution in [2.45, 2.75) is 19.3 Å². The number of fused-ring (bicyclic) bond motifs is 1. The van der Waals surface area contributed by atoms with Gasteiger partial charge in [-0.25, -0.2) is 9.97 Å². The summed E-state index contributed by atoms with van der Waals surface area (Å²) in [7, 11) is 0. The van der Waals surface area contributed by atoms with Gasteiger partial charge in [-0.3, -0.25) is 4.90 Å². The standard InChI is InChI=1S/C17H21N5O2/c1-12(16-23-14-4-2-3-5-15(14)24-16)21-6-8-22(9-7-21)17-19-10-13(18)11-20-17/h2-5,10-12,16H,6-9,18H2,1H3. The number of anilines is 2. The molecule has 7 nitrogen and oxygen atoms in total. The molecule has 0 aliphatic carbocycles. The lowest BCUT2D eigenvalue weighted by Gasteiger charge is -2.38. The Kier molecular flexibility index (Phi) is 3.86. The predicted octanol–water partition coefficient (Wildman–Crippen LogP) is 1.37. The van der Waals surface area contributed by atoms with Crippen LogP contribution in [0.3, 0.4) is 0 Å². The van der Waals surface area contributed by atoms with Gasteiger partial charge >= 0.3 is 0 Å². The molecule has 0 spiro atoms. The van der Waals surface area contributed by atoms with Crippen LogP contribution in [0.4, 0.5) is 11.6 Å². The van der Waals surface area contributed by atoms with Crippen LogP contribution < -0.4 is 20.1 Å². The number of rotatable bonds is 3. The molecule has 0 saturated carbocycles. The summed E-state index contributed by atoms with van der Waals surface area (Å²) in [6.45, 7) is 5.71. The third kappa shape index (κ3) is 2.82. The van der Waals surface area contributed by atoms with Gasteiger partial charge in [-0.05, 0) is 19.1 Å². The Bertz CT molecular complexity index is 675. The first-order valence-corrected chi connectivity index (χ1v) is 8.19. The number of nitrogen functional groups attached to an aromatic ring is 1. The van der Waals surface area contributed by atoms with E-state index in [0.29, 0.717) is 5.69 Å². The Hall–Kier alpha value is -2.54. The number of hydrogen-bond donors (Lipinski definition) is 1. The van der Waals surface area contributed by atoms with Crippen molar-refractivity contribution in [3.05, 3.63) is 36.7 Å². The highest BCUT2D eigenvalue weighted by Crippen LogP contribution is 2.35. The number of piperazine rings is 1. The SMILES string of the molecule is CC(C1Oc2ccccc2O1)N1CCN(c2ncc(N)cn2)CC1. The second-order valence-corrected chi connectivity index (χ2v) is 6.13. The average Bonchev–Trinajstić information content (AvgIpc) is 3.06. The molecule has 2 aliphatic rings. The number of nitrogens with zero attached hydrogens (tertiary/aromatic N) is 4. The fourth-order valence-corrected chi connectivity index (χ4v) is 3.11. The van der Waals surface area contributed by atoms with Crippen molar-refractivity contribution >= 4 is 11.6 Å². The van der Waals surface area contributed by atoms with E-state index in [1.165, 1.54) is 0 Å². The van der Waals surface area contributed by atoms with Crippen LogP contribution in [-0.4, -0.2) is 53.4 Å². The molecule has 0 bridgehead atoms. The normalized spacial score (nSPS) is 19.5. The first kappa shape index (κ1) is 15.0. The van der Waals surface area contributed by atoms with E-state index in [1.807, 2.05) is 24.3 Å². The molecule has 1 aromatic carbocycles. The van der Waals surface area contributed by atoms with E-state index in [2.05, 4.69) is 26.7 Å². The lowest BCUT2D eigenvalue weighted by Crippen LogP contribution is -2.54. The van der Waals surface area contributed by atoms with Gasteiger partial charge in [-0.15, -0.1) is 0 Å². The van der Waals surface area contributed by atoms with Gasteiger partial charge in [0.2, 0.25) is 5.95 Å². The third-order valence-corrected chi connectivity index (χ3v) is 4.56. The number of para-hydroxylation sites is 2. The van der Waals surface area contributed by atoms with Gasteiger partial charge < -0.3 is 20.1 Å². The molecule has 0 radical (unpaired) electrons. The number of nitrogens with two attached hydrogens (primary N) is 1. The minimum Gasteiger partial charge on any atom is -0.449 e. The van der Waals surface area contributed by atoms with E-state index in [9.17, 15) is 0 Å². The van der Waals surface area contributed by atoms with Gasteiger partial charge in [0.1, 0.15) is 0 Å². The monoisotopic (exact) mass is 327 g/mol. The van der Waals surface area contributed by atoms with Gasteiger partial charge in [0.05, 0.1) is 24.1 Å². The maximum atomic E-state index is 5.93. The average molecular weight is 327 g/mol. The Balaban J connectivity index is 1.35. The predicted molar refractivity (Wildman–Crippen MR) is 91.2 cm³/mol. The molecule has 1 unspecified atom stereocenters. The molecule has 1 saturated heterocycles. The lowest BCUT2D eigenvalue weighted by molar-refractivity contribution is -0.0280. The van der Waals surface area contributed by atoms with Crippen molar-refractivity contribution in [3.63, 3.8) is 0 Å². The number of hydrogen-bond acceptors (Lipinski definition) is 7. The van der Waals surface area contributed by atoms with Crippen LogP contribution in [0.2, 0.25) is 0 Å². The molecule has 7 heteroatoms. The number of aromatic nitrogens is 2. The minimum absolute atomic E-state index is 0.173. The molecule has 0 amide bonds. The molecule has 1 aromatic heterocycles. The molecular formula is C17H21N5O2. The second kappa shape index (κ2) is 6.16. The summed E-state index contributed by atoms with van der Waals surface area (Å²) in [4.78, 5) is 13.2. The summed E-state index contributed by atoms with van der Waals surface area (Å²) >= 11 is 0. The van der Waals surface area contributed by atoms with Gasteiger partial charge in [0, 0.05) is 26.2 Å². The molecule has 24 heavy (non-hydrogen) atoms. The van der Waals surface area contributed by atoms with Gasteiger partial charge in [-0.2, -0.15) is 0 Å². The topological polar surface area (TPSA) is 76.7 Å². The van der Waals surface area contributed by atoms with Gasteiger partial charge in [0.25, 0.3) is 6.29 Å². The number of benzene rings is 1. The first-order valence-electron chi connectivity index (χ1n) is 8.19. The van der Waals surface area contributed by atoms with E-state index in [4.69, 9.17) is 15.2 Å². The molecule has 126 valence electrons. The van der Waals surface area contributed by atoms with E-state index in [-0.39, 0.29) is 12.3 Å². The van der Waals surface area contributed by atoms with Crippen LogP contribution in [0.1, 0.15) is 6.92 Å². The molecular weight excluding hydrogens is 306 g/mol. The van der Waals surface area contributed by atoms with Crippen LogP contribution in [0.15, 0.2) is 36.7 Å². The van der Waals surface area contributed by atoms with Gasteiger partial charge in [0.15, 0.2) is 11.5 Å². The summed E-state index contributed by atoms with van der Waals surface area (Å²) < 4.78 is 11.9. The summed E-state index contributed by atoms with van der Waals surface area (Å²) in [6.07, 6.45) is 3.03. The van der Waals surface area contributed by atoms with Crippen LogP contribution in [0.5, 0.6) is 11.5 Å². The maximum Gasteiger partial charge on any atom is 0.256 e. The highest BCUT2D eigenvalue weighted by Gasteiger charge is 2.34. The maximum absolute atomic E-state index is 5.93. The van der Waals surface area contributed by atoms with Crippen molar-refractivity contribution in [2.24, 2.45) is 0 Å². The zero-order valence-electron chi connectivity index (χ0n) is 13.6. The first-order chi connectivity index (χ1) is 11.7. The molecule has 3 heterocycles. The Labute approximate surface area is 141 Å². The van der Waals surface area contributed by atoms with E-state index in [1.54, 1.807) is 12.4 Å². The van der Waals surface area contributed by atoms with Crippen LogP contribution in [-0.2, 0) is 0 Å². The second-order valence-electron chi connectivity index (χ2n) is 6.13. The van der Waals surface area contributed by atoms with E-state index < -0.39 is 0 Å². The fourth-order valence-electron chi connectivity index (χ4n) is 3.11. The molecule has 1 fully saturated rings. The largest absolute Gasteiger partial charge is 0.449 e. The highest BCUT2D eigenvalue weighted by atomic mass is 16.7. The number of ether oxygens (including phenoxy) is 2. The quantitative estimate of drug-likeness (QED) is 0.912. The molecule has 4 rings (SSSR count). The van der Waals surface area contributed by atoms with Crippen molar-refractivity contribution in [1.82, 2.24) is 14.9 Å².